The molecule has 1 aliphatic carbocycles. The molecule has 2 aromatic rings. The number of H-pyrrole nitrogens is 1. The summed E-state index contributed by atoms with van der Waals surface area (Å²) in [6.07, 6.45) is 3.04. The number of aromatic nitrogens is 1. The lowest BCUT2D eigenvalue weighted by Gasteiger charge is -2.14. The minimum absolute atomic E-state index is 0.150. The summed E-state index contributed by atoms with van der Waals surface area (Å²) >= 11 is 5.09. The smallest absolute Gasteiger partial charge is 0.254 e. The highest BCUT2D eigenvalue weighted by Crippen LogP contribution is 2.32. The molecule has 0 radical (unpaired) electrons. The zero-order valence-corrected chi connectivity index (χ0v) is 11.5. The summed E-state index contributed by atoms with van der Waals surface area (Å²) in [5.41, 5.74) is 2.01. The lowest BCUT2D eigenvalue weighted by atomic mass is 10.1. The molecule has 2 N–H and O–H groups in total. The van der Waals surface area contributed by atoms with Crippen molar-refractivity contribution in [2.45, 2.75) is 18.9 Å². The van der Waals surface area contributed by atoms with Gasteiger partial charge in [0.15, 0.2) is 0 Å². The van der Waals surface area contributed by atoms with Crippen LogP contribution in [0.25, 0.3) is 0 Å². The summed E-state index contributed by atoms with van der Waals surface area (Å²) in [5, 5.41) is 2.93. The van der Waals surface area contributed by atoms with Crippen molar-refractivity contribution in [3.05, 3.63) is 63.7 Å². The number of fused-ring (bicyclic) bond motifs is 1. The molecule has 3 rings (SSSR count). The monoisotopic (exact) mass is 288 g/mol. The van der Waals surface area contributed by atoms with Crippen LogP contribution in [-0.2, 0) is 6.42 Å². The van der Waals surface area contributed by atoms with Crippen LogP contribution < -0.4 is 5.32 Å². The molecule has 1 atom stereocenters. The number of carbonyl (C=O) groups excluding carboxylic acids is 1. The van der Waals surface area contributed by atoms with Gasteiger partial charge in [-0.25, -0.2) is 4.39 Å². The second kappa shape index (κ2) is 5.17. The van der Waals surface area contributed by atoms with Gasteiger partial charge in [-0.05, 0) is 42.2 Å². The highest BCUT2D eigenvalue weighted by molar-refractivity contribution is 7.71. The molecule has 1 aliphatic rings. The van der Waals surface area contributed by atoms with Crippen molar-refractivity contribution in [2.24, 2.45) is 0 Å². The molecule has 3 nitrogen and oxygen atoms in total. The number of amides is 1. The molecule has 1 unspecified atom stereocenters. The maximum atomic E-state index is 13.7. The van der Waals surface area contributed by atoms with Crippen molar-refractivity contribution in [3.63, 3.8) is 0 Å². The Morgan fingerprint density at radius 3 is 3.00 bits per heavy atom. The first-order chi connectivity index (χ1) is 9.66. The van der Waals surface area contributed by atoms with Crippen molar-refractivity contribution >= 4 is 18.1 Å². The zero-order valence-electron chi connectivity index (χ0n) is 10.7. The minimum atomic E-state index is -0.228. The van der Waals surface area contributed by atoms with Gasteiger partial charge in [-0.1, -0.05) is 24.4 Å². The second-order valence-corrected chi connectivity index (χ2v) is 5.19. The van der Waals surface area contributed by atoms with E-state index in [1.165, 1.54) is 6.07 Å². The number of carbonyl (C=O) groups is 1. The van der Waals surface area contributed by atoms with E-state index < -0.39 is 0 Å². The van der Waals surface area contributed by atoms with Crippen LogP contribution in [0.15, 0.2) is 36.5 Å². The lowest BCUT2D eigenvalue weighted by Crippen LogP contribution is -2.27. The van der Waals surface area contributed by atoms with E-state index in [-0.39, 0.29) is 17.8 Å². The Labute approximate surface area is 120 Å². The van der Waals surface area contributed by atoms with Crippen molar-refractivity contribution in [1.29, 1.82) is 0 Å². The largest absolute Gasteiger partial charge is 0.352 e. The van der Waals surface area contributed by atoms with Gasteiger partial charge in [0.05, 0.1) is 11.6 Å². The molecule has 0 aliphatic heterocycles. The molecule has 1 heterocycles. The first-order valence-corrected chi connectivity index (χ1v) is 6.83. The number of benzene rings is 1. The molecule has 1 amide bonds. The average Bonchev–Trinajstić information content (AvgIpc) is 2.84. The van der Waals surface area contributed by atoms with Crippen LogP contribution in [0.2, 0.25) is 0 Å². The molecule has 0 fully saturated rings. The third kappa shape index (κ3) is 2.25. The molecule has 0 spiro atoms. The lowest BCUT2D eigenvalue weighted by molar-refractivity contribution is 0.0936. The molecule has 0 saturated heterocycles. The minimum Gasteiger partial charge on any atom is -0.352 e. The van der Waals surface area contributed by atoms with E-state index in [2.05, 4.69) is 10.3 Å². The van der Waals surface area contributed by atoms with Crippen molar-refractivity contribution < 1.29 is 9.18 Å². The number of hydrogen-bond donors (Lipinski definition) is 2. The molecule has 1 aromatic carbocycles. The van der Waals surface area contributed by atoms with Crippen LogP contribution in [0.3, 0.4) is 0 Å². The summed E-state index contributed by atoms with van der Waals surface area (Å²) in [6.45, 7) is 0. The normalized spacial score (nSPS) is 16.8. The predicted molar refractivity (Wildman–Crippen MR) is 76.6 cm³/mol. The summed E-state index contributed by atoms with van der Waals surface area (Å²) in [5.74, 6) is -0.426. The van der Waals surface area contributed by atoms with E-state index in [0.29, 0.717) is 28.6 Å². The van der Waals surface area contributed by atoms with Crippen molar-refractivity contribution in [3.8, 4) is 0 Å². The van der Waals surface area contributed by atoms with Crippen LogP contribution >= 0.6 is 12.2 Å². The van der Waals surface area contributed by atoms with Gasteiger partial charge in [0.1, 0.15) is 10.5 Å². The Morgan fingerprint density at radius 2 is 2.20 bits per heavy atom. The Hall–Kier alpha value is -2.01. The summed E-state index contributed by atoms with van der Waals surface area (Å²) in [6, 6.07) is 8.25. The first-order valence-electron chi connectivity index (χ1n) is 6.42. The standard InChI is InChI=1S/C15H13FN2OS/c16-12-5-1-3-10-9(12)6-7-13(10)18-14(19)11-4-2-8-17-15(11)20/h1-5,8,13H,6-7H2,(H,17,20)(H,18,19). The number of nitrogens with one attached hydrogen (secondary N) is 2. The fourth-order valence-electron chi connectivity index (χ4n) is 2.60. The topological polar surface area (TPSA) is 44.9 Å². The highest BCUT2D eigenvalue weighted by Gasteiger charge is 2.26. The average molecular weight is 288 g/mol. The summed E-state index contributed by atoms with van der Waals surface area (Å²) < 4.78 is 14.1. The van der Waals surface area contributed by atoms with E-state index in [1.54, 1.807) is 24.4 Å². The molecule has 20 heavy (non-hydrogen) atoms. The van der Waals surface area contributed by atoms with Gasteiger partial charge in [0.2, 0.25) is 0 Å². The van der Waals surface area contributed by atoms with Gasteiger partial charge in [-0.2, -0.15) is 0 Å². The van der Waals surface area contributed by atoms with Crippen LogP contribution in [0, 0.1) is 10.5 Å². The number of halogens is 1. The van der Waals surface area contributed by atoms with Crippen LogP contribution in [0.5, 0.6) is 0 Å². The van der Waals surface area contributed by atoms with E-state index >= 15 is 0 Å². The number of hydrogen-bond acceptors (Lipinski definition) is 2. The second-order valence-electron chi connectivity index (χ2n) is 4.79. The van der Waals surface area contributed by atoms with Crippen LogP contribution in [-0.4, -0.2) is 10.9 Å². The third-order valence-corrected chi connectivity index (χ3v) is 3.92. The van der Waals surface area contributed by atoms with E-state index in [1.807, 2.05) is 6.07 Å². The summed E-state index contributed by atoms with van der Waals surface area (Å²) in [4.78, 5) is 15.1. The van der Waals surface area contributed by atoms with Crippen molar-refractivity contribution in [2.75, 3.05) is 0 Å². The predicted octanol–water partition coefficient (Wildman–Crippen LogP) is 3.30. The van der Waals surface area contributed by atoms with Gasteiger partial charge in [-0.15, -0.1) is 0 Å². The Morgan fingerprint density at radius 1 is 1.35 bits per heavy atom. The molecule has 1 aromatic heterocycles. The zero-order chi connectivity index (χ0) is 14.1. The Kier molecular flexibility index (Phi) is 3.36. The maximum absolute atomic E-state index is 13.7. The summed E-state index contributed by atoms with van der Waals surface area (Å²) in [7, 11) is 0. The van der Waals surface area contributed by atoms with Gasteiger partial charge < -0.3 is 10.3 Å². The first kappa shape index (κ1) is 13.0. The van der Waals surface area contributed by atoms with Gasteiger partial charge >= 0.3 is 0 Å². The molecule has 0 saturated carbocycles. The quantitative estimate of drug-likeness (QED) is 0.833. The third-order valence-electron chi connectivity index (χ3n) is 3.58. The van der Waals surface area contributed by atoms with Crippen molar-refractivity contribution in [1.82, 2.24) is 10.3 Å². The van der Waals surface area contributed by atoms with Gasteiger partial charge in [0, 0.05) is 6.20 Å². The number of rotatable bonds is 2. The van der Waals surface area contributed by atoms with Gasteiger partial charge in [0.25, 0.3) is 5.91 Å². The van der Waals surface area contributed by atoms with Crippen LogP contribution in [0.1, 0.15) is 33.9 Å². The van der Waals surface area contributed by atoms with Crippen LogP contribution in [0.4, 0.5) is 4.39 Å². The molecular weight excluding hydrogens is 275 g/mol. The van der Waals surface area contributed by atoms with E-state index in [4.69, 9.17) is 12.2 Å². The van der Waals surface area contributed by atoms with E-state index in [9.17, 15) is 9.18 Å². The molecule has 5 heteroatoms. The number of pyridine rings is 1. The Balaban J connectivity index is 1.85. The van der Waals surface area contributed by atoms with Gasteiger partial charge in [-0.3, -0.25) is 4.79 Å². The fraction of sp³-hybridized carbons (Fsp3) is 0.200. The molecule has 0 bridgehead atoms. The fourth-order valence-corrected chi connectivity index (χ4v) is 2.82. The molecular formula is C15H13FN2OS. The number of aromatic amines is 1. The van der Waals surface area contributed by atoms with E-state index in [0.717, 1.165) is 5.56 Å². The molecule has 102 valence electrons. The maximum Gasteiger partial charge on any atom is 0.254 e. The SMILES string of the molecule is O=C(NC1CCc2c(F)cccc21)c1ccc[nH]c1=S. The Bertz CT molecular complexity index is 726. The highest BCUT2D eigenvalue weighted by atomic mass is 32.1.